The van der Waals surface area contributed by atoms with E-state index in [-0.39, 0.29) is 0 Å². The van der Waals surface area contributed by atoms with Crippen molar-refractivity contribution in [2.45, 2.75) is 6.92 Å². The van der Waals surface area contributed by atoms with Crippen molar-refractivity contribution >= 4 is 5.57 Å². The van der Waals surface area contributed by atoms with Crippen molar-refractivity contribution < 1.29 is 0 Å². The Morgan fingerprint density at radius 3 is 2.46 bits per heavy atom. The summed E-state index contributed by atoms with van der Waals surface area (Å²) in [6.45, 7) is 5.71. The monoisotopic (exact) mass is 170 g/mol. The molecule has 0 bridgehead atoms. The zero-order chi connectivity index (χ0) is 9.52. The lowest BCUT2D eigenvalue weighted by atomic mass is 10.1. The molecular weight excluding hydrogens is 156 g/mol. The summed E-state index contributed by atoms with van der Waals surface area (Å²) >= 11 is 0. The zero-order valence-electron chi connectivity index (χ0n) is 7.90. The maximum absolute atomic E-state index is 3.61. The molecule has 0 amide bonds. The summed E-state index contributed by atoms with van der Waals surface area (Å²) in [6, 6.07) is 10.3. The summed E-state index contributed by atoms with van der Waals surface area (Å²) < 4.78 is 0. The van der Waals surface area contributed by atoms with E-state index in [0.29, 0.717) is 0 Å². The first-order valence-electron chi connectivity index (χ1n) is 4.36. The summed E-state index contributed by atoms with van der Waals surface area (Å²) in [6.07, 6.45) is 7.77. The molecule has 0 aliphatic heterocycles. The molecule has 0 nitrogen and oxygen atoms in total. The molecule has 0 N–H and O–H groups in total. The van der Waals surface area contributed by atoms with Crippen LogP contribution in [0.3, 0.4) is 0 Å². The highest BCUT2D eigenvalue weighted by molar-refractivity contribution is 5.64. The van der Waals surface area contributed by atoms with E-state index in [9.17, 15) is 0 Å². The van der Waals surface area contributed by atoms with Gasteiger partial charge >= 0.3 is 0 Å². The first-order valence-corrected chi connectivity index (χ1v) is 4.36. The van der Waals surface area contributed by atoms with E-state index in [0.717, 1.165) is 0 Å². The van der Waals surface area contributed by atoms with E-state index in [1.165, 1.54) is 11.1 Å². The van der Waals surface area contributed by atoms with E-state index >= 15 is 0 Å². The van der Waals surface area contributed by atoms with E-state index < -0.39 is 0 Å². The van der Waals surface area contributed by atoms with E-state index in [1.807, 2.05) is 30.4 Å². The molecule has 0 aromatic heterocycles. The zero-order valence-corrected chi connectivity index (χ0v) is 7.90. The fourth-order valence-corrected chi connectivity index (χ4v) is 1.08. The largest absolute Gasteiger partial charge is 0.0991 e. The van der Waals surface area contributed by atoms with Crippen molar-refractivity contribution in [3.05, 3.63) is 66.8 Å². The van der Waals surface area contributed by atoms with E-state index in [2.05, 4.69) is 31.7 Å². The van der Waals surface area contributed by atoms with Gasteiger partial charge in [0.2, 0.25) is 0 Å². The maximum atomic E-state index is 3.61. The van der Waals surface area contributed by atoms with Gasteiger partial charge in [0.15, 0.2) is 0 Å². The normalized spacial score (nSPS) is 11.9. The Morgan fingerprint density at radius 2 is 1.85 bits per heavy atom. The minimum Gasteiger partial charge on any atom is -0.0991 e. The molecule has 1 aromatic carbocycles. The van der Waals surface area contributed by atoms with E-state index in [4.69, 9.17) is 0 Å². The van der Waals surface area contributed by atoms with Crippen LogP contribution in [0, 0.1) is 0 Å². The van der Waals surface area contributed by atoms with Crippen molar-refractivity contribution in [3.63, 3.8) is 0 Å². The minimum absolute atomic E-state index is 1.26. The van der Waals surface area contributed by atoms with Gasteiger partial charge in [-0.25, -0.2) is 0 Å². The number of rotatable bonds is 3. The highest BCUT2D eigenvalue weighted by Gasteiger charge is 1.89. The lowest BCUT2D eigenvalue weighted by molar-refractivity contribution is 1.57. The Morgan fingerprint density at radius 1 is 1.15 bits per heavy atom. The number of allylic oxidation sites excluding steroid dienone is 5. The molecule has 1 rings (SSSR count). The van der Waals surface area contributed by atoms with Gasteiger partial charge in [0.05, 0.1) is 0 Å². The second-order valence-corrected chi connectivity index (χ2v) is 2.84. The van der Waals surface area contributed by atoms with Crippen LogP contribution in [0.4, 0.5) is 0 Å². The van der Waals surface area contributed by atoms with Gasteiger partial charge in [-0.2, -0.15) is 0 Å². The molecule has 0 fully saturated rings. The molecular formula is C13H14. The number of hydrogen-bond acceptors (Lipinski definition) is 0. The summed E-state index contributed by atoms with van der Waals surface area (Å²) in [5, 5.41) is 0. The molecule has 0 heterocycles. The first-order chi connectivity index (χ1) is 6.34. The van der Waals surface area contributed by atoms with Gasteiger partial charge in [-0.1, -0.05) is 61.2 Å². The molecule has 13 heavy (non-hydrogen) atoms. The Kier molecular flexibility index (Phi) is 3.77. The lowest BCUT2D eigenvalue weighted by Gasteiger charge is -1.97. The summed E-state index contributed by atoms with van der Waals surface area (Å²) in [7, 11) is 0. The molecule has 0 unspecified atom stereocenters. The molecule has 1 aromatic rings. The predicted octanol–water partition coefficient (Wildman–Crippen LogP) is 3.83. The second kappa shape index (κ2) is 5.15. The molecule has 0 saturated heterocycles. The second-order valence-electron chi connectivity index (χ2n) is 2.84. The first kappa shape index (κ1) is 9.53. The molecule has 0 spiro atoms. The Bertz CT molecular complexity index is 315. The number of benzene rings is 1. The van der Waals surface area contributed by atoms with Crippen LogP contribution in [-0.4, -0.2) is 0 Å². The Labute approximate surface area is 79.9 Å². The standard InChI is InChI=1S/C13H14/c1-3-4-6-9-12(2)13-10-7-5-8-11-13/h3-11H,1H2,2H3/b6-4-,12-9+. The Hall–Kier alpha value is -1.56. The topological polar surface area (TPSA) is 0 Å². The van der Waals surface area contributed by atoms with Gasteiger partial charge in [-0.05, 0) is 18.1 Å². The average molecular weight is 170 g/mol. The molecule has 66 valence electrons. The number of hydrogen-bond donors (Lipinski definition) is 0. The molecule has 0 saturated carbocycles. The van der Waals surface area contributed by atoms with Crippen molar-refractivity contribution in [1.29, 1.82) is 0 Å². The van der Waals surface area contributed by atoms with Gasteiger partial charge in [0, 0.05) is 0 Å². The van der Waals surface area contributed by atoms with Gasteiger partial charge < -0.3 is 0 Å². The third-order valence-electron chi connectivity index (χ3n) is 1.82. The SMILES string of the molecule is C=C/C=C\C=C(/C)c1ccccc1. The van der Waals surface area contributed by atoms with Crippen LogP contribution < -0.4 is 0 Å². The van der Waals surface area contributed by atoms with Gasteiger partial charge in [-0.15, -0.1) is 0 Å². The third-order valence-corrected chi connectivity index (χ3v) is 1.82. The third kappa shape index (κ3) is 3.12. The highest BCUT2D eigenvalue weighted by atomic mass is 13.9. The lowest BCUT2D eigenvalue weighted by Crippen LogP contribution is -1.75. The molecule has 0 heteroatoms. The smallest absolute Gasteiger partial charge is 0.0227 e. The summed E-state index contributed by atoms with van der Waals surface area (Å²) in [5.74, 6) is 0. The van der Waals surface area contributed by atoms with Crippen LogP contribution in [-0.2, 0) is 0 Å². The summed E-state index contributed by atoms with van der Waals surface area (Å²) in [4.78, 5) is 0. The van der Waals surface area contributed by atoms with Crippen LogP contribution in [0.25, 0.3) is 5.57 Å². The van der Waals surface area contributed by atoms with Crippen LogP contribution in [0.15, 0.2) is 61.2 Å². The van der Waals surface area contributed by atoms with Crippen molar-refractivity contribution in [3.8, 4) is 0 Å². The van der Waals surface area contributed by atoms with Crippen LogP contribution >= 0.6 is 0 Å². The fraction of sp³-hybridized carbons (Fsp3) is 0.0769. The molecule has 0 aliphatic rings. The van der Waals surface area contributed by atoms with Crippen molar-refractivity contribution in [1.82, 2.24) is 0 Å². The van der Waals surface area contributed by atoms with Gasteiger partial charge in [-0.3, -0.25) is 0 Å². The van der Waals surface area contributed by atoms with Crippen LogP contribution in [0.5, 0.6) is 0 Å². The van der Waals surface area contributed by atoms with Gasteiger partial charge in [0.25, 0.3) is 0 Å². The average Bonchev–Trinajstić information content (AvgIpc) is 2.19. The van der Waals surface area contributed by atoms with Crippen molar-refractivity contribution in [2.75, 3.05) is 0 Å². The van der Waals surface area contributed by atoms with Crippen LogP contribution in [0.1, 0.15) is 12.5 Å². The highest BCUT2D eigenvalue weighted by Crippen LogP contribution is 2.12. The predicted molar refractivity (Wildman–Crippen MR) is 59.4 cm³/mol. The van der Waals surface area contributed by atoms with E-state index in [1.54, 1.807) is 6.08 Å². The molecule has 0 aliphatic carbocycles. The quantitative estimate of drug-likeness (QED) is 0.605. The molecule has 0 atom stereocenters. The van der Waals surface area contributed by atoms with Crippen molar-refractivity contribution in [2.24, 2.45) is 0 Å². The summed E-state index contributed by atoms with van der Waals surface area (Å²) in [5.41, 5.74) is 2.52. The Balaban J connectivity index is 2.79. The fourth-order valence-electron chi connectivity index (χ4n) is 1.08. The van der Waals surface area contributed by atoms with Crippen LogP contribution in [0.2, 0.25) is 0 Å². The maximum Gasteiger partial charge on any atom is -0.0227 e. The molecule has 0 radical (unpaired) electrons. The van der Waals surface area contributed by atoms with Gasteiger partial charge in [0.1, 0.15) is 0 Å². The minimum atomic E-state index is 1.26.